The Balaban J connectivity index is 2.32. The first kappa shape index (κ1) is 15.6. The van der Waals surface area contributed by atoms with Gasteiger partial charge in [0, 0.05) is 7.11 Å². The highest BCUT2D eigenvalue weighted by atomic mass is 79.9. The summed E-state index contributed by atoms with van der Waals surface area (Å²) in [6.07, 6.45) is 0. The van der Waals surface area contributed by atoms with Crippen molar-refractivity contribution in [2.75, 3.05) is 14.2 Å². The van der Waals surface area contributed by atoms with Gasteiger partial charge in [-0.2, -0.15) is 0 Å². The fraction of sp³-hybridized carbons (Fsp3) is 0.308. The van der Waals surface area contributed by atoms with Crippen LogP contribution in [-0.4, -0.2) is 35.2 Å². The number of methoxy groups -OCH3 is 2. The van der Waals surface area contributed by atoms with Gasteiger partial charge in [0.25, 0.3) is 0 Å². The van der Waals surface area contributed by atoms with Crippen molar-refractivity contribution in [2.24, 2.45) is 0 Å². The molecule has 6 nitrogen and oxygen atoms in total. The summed E-state index contributed by atoms with van der Waals surface area (Å²) in [5.74, 6) is -0.918. The van der Waals surface area contributed by atoms with Crippen LogP contribution in [0.15, 0.2) is 22.7 Å². The molecule has 0 bridgehead atoms. The molecule has 2 rings (SSSR count). The van der Waals surface area contributed by atoms with Gasteiger partial charge in [-0.15, -0.1) is 5.10 Å². The number of nitrogens with zero attached hydrogens (tertiary/aromatic N) is 3. The quantitative estimate of drug-likeness (QED) is 0.767. The molecule has 1 aromatic carbocycles. The molecule has 0 radical (unpaired) electrons. The number of benzene rings is 1. The second kappa shape index (κ2) is 6.77. The standard InChI is InChI=1S/C13H13BrFN3O3/c1-20-7-11-12(13(19)21-2)16-17-18(11)6-8-3-4-10(15)9(14)5-8/h3-5H,6-7H2,1-2H3. The van der Waals surface area contributed by atoms with E-state index in [1.807, 2.05) is 0 Å². The van der Waals surface area contributed by atoms with Crippen LogP contribution in [0, 0.1) is 5.82 Å². The molecule has 2 aromatic rings. The van der Waals surface area contributed by atoms with Crippen molar-refractivity contribution in [3.05, 3.63) is 45.4 Å². The van der Waals surface area contributed by atoms with Crippen molar-refractivity contribution in [2.45, 2.75) is 13.2 Å². The van der Waals surface area contributed by atoms with E-state index in [1.54, 1.807) is 12.1 Å². The van der Waals surface area contributed by atoms with Gasteiger partial charge in [0.2, 0.25) is 0 Å². The van der Waals surface area contributed by atoms with E-state index >= 15 is 0 Å². The zero-order chi connectivity index (χ0) is 15.4. The fourth-order valence-electron chi connectivity index (χ4n) is 1.81. The van der Waals surface area contributed by atoms with Gasteiger partial charge in [-0.05, 0) is 33.6 Å². The molecule has 0 saturated heterocycles. The Kier molecular flexibility index (Phi) is 5.03. The Labute approximate surface area is 129 Å². The molecule has 0 aliphatic rings. The smallest absolute Gasteiger partial charge is 0.360 e. The van der Waals surface area contributed by atoms with Gasteiger partial charge in [0.05, 0.1) is 30.4 Å². The first-order valence-electron chi connectivity index (χ1n) is 6.00. The number of halogens is 2. The Morgan fingerprint density at radius 1 is 1.43 bits per heavy atom. The third-order valence-corrected chi connectivity index (χ3v) is 3.42. The van der Waals surface area contributed by atoms with E-state index in [-0.39, 0.29) is 18.1 Å². The van der Waals surface area contributed by atoms with Crippen LogP contribution in [0.3, 0.4) is 0 Å². The van der Waals surface area contributed by atoms with Crippen LogP contribution in [-0.2, 0) is 22.6 Å². The second-order valence-corrected chi connectivity index (χ2v) is 5.07. The van der Waals surface area contributed by atoms with Crippen molar-refractivity contribution < 1.29 is 18.7 Å². The van der Waals surface area contributed by atoms with Crippen LogP contribution < -0.4 is 0 Å². The van der Waals surface area contributed by atoms with Crippen LogP contribution in [0.2, 0.25) is 0 Å². The Hall–Kier alpha value is -1.80. The van der Waals surface area contributed by atoms with Gasteiger partial charge >= 0.3 is 5.97 Å². The SMILES string of the molecule is COCc1c(C(=O)OC)nnn1Cc1ccc(F)c(Br)c1. The van der Waals surface area contributed by atoms with E-state index in [0.717, 1.165) is 5.56 Å². The van der Waals surface area contributed by atoms with E-state index in [4.69, 9.17) is 4.74 Å². The van der Waals surface area contributed by atoms with Gasteiger partial charge < -0.3 is 9.47 Å². The van der Waals surface area contributed by atoms with Gasteiger partial charge in [-0.3, -0.25) is 0 Å². The van der Waals surface area contributed by atoms with Crippen LogP contribution in [0.4, 0.5) is 4.39 Å². The normalized spacial score (nSPS) is 10.7. The van der Waals surface area contributed by atoms with Crippen molar-refractivity contribution in [1.29, 1.82) is 0 Å². The van der Waals surface area contributed by atoms with Crippen LogP contribution in [0.1, 0.15) is 21.7 Å². The maximum atomic E-state index is 13.2. The highest BCUT2D eigenvalue weighted by molar-refractivity contribution is 9.10. The molecule has 0 fully saturated rings. The first-order valence-corrected chi connectivity index (χ1v) is 6.79. The molecule has 8 heteroatoms. The summed E-state index contributed by atoms with van der Waals surface area (Å²) < 4.78 is 24.8. The average Bonchev–Trinajstić information content (AvgIpc) is 2.85. The number of rotatable bonds is 5. The third-order valence-electron chi connectivity index (χ3n) is 2.81. The second-order valence-electron chi connectivity index (χ2n) is 4.22. The molecular weight excluding hydrogens is 345 g/mol. The number of esters is 1. The Morgan fingerprint density at radius 3 is 2.81 bits per heavy atom. The van der Waals surface area contributed by atoms with Gasteiger partial charge in [-0.1, -0.05) is 11.3 Å². The number of carbonyl (C=O) groups is 1. The number of carbonyl (C=O) groups excluding carboxylic acids is 1. The number of hydrogen-bond donors (Lipinski definition) is 0. The largest absolute Gasteiger partial charge is 0.464 e. The van der Waals surface area contributed by atoms with Crippen LogP contribution in [0.5, 0.6) is 0 Å². The van der Waals surface area contributed by atoms with Gasteiger partial charge in [0.15, 0.2) is 5.69 Å². The summed E-state index contributed by atoms with van der Waals surface area (Å²) in [6.45, 7) is 0.501. The molecule has 21 heavy (non-hydrogen) atoms. The summed E-state index contributed by atoms with van der Waals surface area (Å²) in [4.78, 5) is 11.6. The minimum atomic E-state index is -0.575. The molecule has 0 amide bonds. The van der Waals surface area contributed by atoms with E-state index in [9.17, 15) is 9.18 Å². The molecule has 0 aliphatic heterocycles. The van der Waals surface area contributed by atoms with Crippen molar-refractivity contribution >= 4 is 21.9 Å². The Bertz CT molecular complexity index is 660. The lowest BCUT2D eigenvalue weighted by molar-refractivity contribution is 0.0588. The van der Waals surface area contributed by atoms with Crippen molar-refractivity contribution in [1.82, 2.24) is 15.0 Å². The lowest BCUT2D eigenvalue weighted by Crippen LogP contribution is -2.11. The molecule has 0 spiro atoms. The van der Waals surface area contributed by atoms with E-state index in [0.29, 0.717) is 16.7 Å². The van der Waals surface area contributed by atoms with Crippen LogP contribution in [0.25, 0.3) is 0 Å². The predicted molar refractivity (Wildman–Crippen MR) is 75.3 cm³/mol. The van der Waals surface area contributed by atoms with Crippen molar-refractivity contribution in [3.63, 3.8) is 0 Å². The molecule has 1 heterocycles. The lowest BCUT2D eigenvalue weighted by Gasteiger charge is -2.07. The monoisotopic (exact) mass is 357 g/mol. The minimum Gasteiger partial charge on any atom is -0.464 e. The number of hydrogen-bond acceptors (Lipinski definition) is 5. The zero-order valence-electron chi connectivity index (χ0n) is 11.5. The van der Waals surface area contributed by atoms with E-state index < -0.39 is 5.97 Å². The highest BCUT2D eigenvalue weighted by Crippen LogP contribution is 2.18. The Morgan fingerprint density at radius 2 is 2.19 bits per heavy atom. The highest BCUT2D eigenvalue weighted by Gasteiger charge is 2.20. The maximum absolute atomic E-state index is 13.2. The molecule has 0 saturated carbocycles. The summed E-state index contributed by atoms with van der Waals surface area (Å²) in [7, 11) is 2.78. The molecule has 0 unspecified atom stereocenters. The first-order chi connectivity index (χ1) is 10.1. The number of ether oxygens (including phenoxy) is 2. The van der Waals surface area contributed by atoms with Crippen LogP contribution >= 0.6 is 15.9 Å². The lowest BCUT2D eigenvalue weighted by atomic mass is 10.2. The zero-order valence-corrected chi connectivity index (χ0v) is 13.1. The third kappa shape index (κ3) is 3.45. The molecule has 0 N–H and O–H groups in total. The summed E-state index contributed by atoms with van der Waals surface area (Å²) in [5, 5.41) is 7.74. The molecule has 1 aromatic heterocycles. The number of aromatic nitrogens is 3. The summed E-state index contributed by atoms with van der Waals surface area (Å²) in [6, 6.07) is 4.63. The minimum absolute atomic E-state index is 0.112. The molecular formula is C13H13BrFN3O3. The van der Waals surface area contributed by atoms with E-state index in [1.165, 1.54) is 25.0 Å². The molecule has 112 valence electrons. The summed E-state index contributed by atoms with van der Waals surface area (Å²) in [5.41, 5.74) is 1.42. The maximum Gasteiger partial charge on any atom is 0.360 e. The van der Waals surface area contributed by atoms with Gasteiger partial charge in [0.1, 0.15) is 5.82 Å². The average molecular weight is 358 g/mol. The topological polar surface area (TPSA) is 66.2 Å². The summed E-state index contributed by atoms with van der Waals surface area (Å²) >= 11 is 3.13. The predicted octanol–water partition coefficient (Wildman–Crippen LogP) is 2.16. The van der Waals surface area contributed by atoms with Gasteiger partial charge in [-0.25, -0.2) is 13.9 Å². The fourth-order valence-corrected chi connectivity index (χ4v) is 2.23. The van der Waals surface area contributed by atoms with Crippen molar-refractivity contribution in [3.8, 4) is 0 Å². The molecule has 0 aliphatic carbocycles. The molecule has 0 atom stereocenters. The van der Waals surface area contributed by atoms with E-state index in [2.05, 4.69) is 31.0 Å².